The van der Waals surface area contributed by atoms with Crippen LogP contribution < -0.4 is 0 Å². The van der Waals surface area contributed by atoms with Crippen LogP contribution in [-0.2, 0) is 22.3 Å². The zero-order valence-corrected chi connectivity index (χ0v) is 13.6. The fraction of sp³-hybridized carbons (Fsp3) is 0.588. The minimum atomic E-state index is -4.30. The number of carbonyl (C=O) groups excluding carboxylic acids is 1. The molecule has 2 aliphatic heterocycles. The number of likely N-dealkylation sites (N-methyl/N-ethyl adjacent to an activating group) is 1. The van der Waals surface area contributed by atoms with E-state index in [1.807, 2.05) is 7.05 Å². The van der Waals surface area contributed by atoms with Gasteiger partial charge in [-0.1, -0.05) is 12.1 Å². The molecule has 2 fully saturated rings. The van der Waals surface area contributed by atoms with E-state index in [4.69, 9.17) is 4.74 Å². The maximum absolute atomic E-state index is 12.6. The van der Waals surface area contributed by atoms with Crippen molar-refractivity contribution in [2.75, 3.05) is 26.7 Å². The summed E-state index contributed by atoms with van der Waals surface area (Å²) >= 11 is 0. The van der Waals surface area contributed by atoms with E-state index in [0.29, 0.717) is 6.54 Å². The summed E-state index contributed by atoms with van der Waals surface area (Å²) in [4.78, 5) is 15.7. The van der Waals surface area contributed by atoms with E-state index in [1.54, 1.807) is 4.90 Å². The van der Waals surface area contributed by atoms with Crippen molar-refractivity contribution in [3.05, 3.63) is 35.4 Å². The van der Waals surface area contributed by atoms with Crippen LogP contribution in [0.1, 0.15) is 24.0 Å². The van der Waals surface area contributed by atoms with Gasteiger partial charge in [0.05, 0.1) is 17.7 Å². The Morgan fingerprint density at radius 1 is 1.17 bits per heavy atom. The van der Waals surface area contributed by atoms with Crippen molar-refractivity contribution in [3.8, 4) is 0 Å². The topological polar surface area (TPSA) is 32.8 Å². The summed E-state index contributed by atoms with van der Waals surface area (Å²) in [5.74, 6) is 0.00689. The Balaban J connectivity index is 1.62. The van der Waals surface area contributed by atoms with Crippen LogP contribution in [0, 0.1) is 0 Å². The lowest BCUT2D eigenvalue weighted by molar-refractivity contribution is -0.154. The van der Waals surface area contributed by atoms with Crippen molar-refractivity contribution >= 4 is 5.91 Å². The van der Waals surface area contributed by atoms with Crippen molar-refractivity contribution in [2.45, 2.75) is 37.7 Å². The van der Waals surface area contributed by atoms with Crippen molar-refractivity contribution in [1.29, 1.82) is 0 Å². The van der Waals surface area contributed by atoms with Gasteiger partial charge in [0, 0.05) is 26.7 Å². The number of hydrogen-bond donors (Lipinski definition) is 0. The van der Waals surface area contributed by atoms with Crippen LogP contribution in [0.15, 0.2) is 24.3 Å². The highest BCUT2D eigenvalue weighted by Crippen LogP contribution is 2.29. The third kappa shape index (κ3) is 3.72. The first kappa shape index (κ1) is 17.2. The molecule has 4 nitrogen and oxygen atoms in total. The largest absolute Gasteiger partial charge is 0.416 e. The fourth-order valence-corrected chi connectivity index (χ4v) is 3.43. The summed E-state index contributed by atoms with van der Waals surface area (Å²) in [7, 11) is 1.81. The molecule has 7 heteroatoms. The number of likely N-dealkylation sites (tertiary alicyclic amines) is 1. The molecule has 2 heterocycles. The number of ether oxygens (including phenoxy) is 1. The van der Waals surface area contributed by atoms with E-state index in [1.165, 1.54) is 12.1 Å². The van der Waals surface area contributed by atoms with Crippen LogP contribution in [0.25, 0.3) is 0 Å². The Hall–Kier alpha value is -1.60. The van der Waals surface area contributed by atoms with Crippen LogP contribution in [0.3, 0.4) is 0 Å². The molecule has 132 valence electrons. The van der Waals surface area contributed by atoms with Crippen molar-refractivity contribution in [2.24, 2.45) is 0 Å². The number of carbonyl (C=O) groups is 1. The molecular weight excluding hydrogens is 321 g/mol. The first-order valence-corrected chi connectivity index (χ1v) is 8.10. The van der Waals surface area contributed by atoms with E-state index >= 15 is 0 Å². The summed E-state index contributed by atoms with van der Waals surface area (Å²) in [6, 6.07) is 5.41. The third-order valence-corrected chi connectivity index (χ3v) is 4.90. The van der Waals surface area contributed by atoms with Crippen LogP contribution in [0.2, 0.25) is 0 Å². The van der Waals surface area contributed by atoms with Gasteiger partial charge in [0.15, 0.2) is 0 Å². The van der Waals surface area contributed by atoms with Crippen molar-refractivity contribution < 1.29 is 22.7 Å². The molecule has 0 bridgehead atoms. The van der Waals surface area contributed by atoms with Gasteiger partial charge in [0.2, 0.25) is 5.91 Å². The van der Waals surface area contributed by atoms with Gasteiger partial charge in [-0.2, -0.15) is 13.2 Å². The average Bonchev–Trinajstić information content (AvgIpc) is 2.74. The van der Waals surface area contributed by atoms with Gasteiger partial charge in [-0.15, -0.1) is 0 Å². The number of alkyl halides is 3. The summed E-state index contributed by atoms with van der Waals surface area (Å²) in [6.45, 7) is 2.35. The minimum Gasteiger partial charge on any atom is -0.366 e. The van der Waals surface area contributed by atoms with E-state index in [9.17, 15) is 18.0 Å². The molecule has 0 aromatic heterocycles. The Kier molecular flexibility index (Phi) is 4.83. The van der Waals surface area contributed by atoms with Crippen molar-refractivity contribution in [1.82, 2.24) is 9.80 Å². The van der Waals surface area contributed by atoms with Gasteiger partial charge < -0.3 is 9.64 Å². The lowest BCUT2D eigenvalue weighted by Gasteiger charge is -2.37. The molecule has 3 rings (SSSR count). The highest BCUT2D eigenvalue weighted by molar-refractivity contribution is 5.78. The summed E-state index contributed by atoms with van der Waals surface area (Å²) in [5, 5.41) is 0. The van der Waals surface area contributed by atoms with Gasteiger partial charge >= 0.3 is 6.18 Å². The zero-order valence-electron chi connectivity index (χ0n) is 13.6. The molecule has 0 N–H and O–H groups in total. The van der Waals surface area contributed by atoms with Gasteiger partial charge in [0.1, 0.15) is 6.61 Å². The van der Waals surface area contributed by atoms with Crippen molar-refractivity contribution in [3.63, 3.8) is 0 Å². The number of rotatable bonds is 2. The highest BCUT2D eigenvalue weighted by Gasteiger charge is 2.36. The molecule has 2 aliphatic rings. The second-order valence-electron chi connectivity index (χ2n) is 6.47. The van der Waals surface area contributed by atoms with Crippen LogP contribution >= 0.6 is 0 Å². The normalized spacial score (nSPS) is 26.2. The zero-order chi connectivity index (χ0) is 17.3. The molecule has 2 atom stereocenters. The Labute approximate surface area is 139 Å². The first-order valence-electron chi connectivity index (χ1n) is 8.10. The van der Waals surface area contributed by atoms with Gasteiger partial charge in [-0.25, -0.2) is 0 Å². The second-order valence-corrected chi connectivity index (χ2v) is 6.47. The first-order chi connectivity index (χ1) is 11.3. The smallest absolute Gasteiger partial charge is 0.366 e. The molecule has 1 aromatic carbocycles. The minimum absolute atomic E-state index is 0.00689. The summed E-state index contributed by atoms with van der Waals surface area (Å²) < 4.78 is 43.5. The van der Waals surface area contributed by atoms with Gasteiger partial charge in [-0.05, 0) is 30.5 Å². The second kappa shape index (κ2) is 6.72. The number of morpholine rings is 1. The Morgan fingerprint density at radius 2 is 1.83 bits per heavy atom. The number of nitrogens with zero attached hydrogens (tertiary/aromatic N) is 2. The average molecular weight is 342 g/mol. The lowest BCUT2D eigenvalue weighted by atomic mass is 10.0. The molecule has 0 radical (unpaired) electrons. The highest BCUT2D eigenvalue weighted by atomic mass is 19.4. The molecule has 1 aromatic rings. The number of hydrogen-bond acceptors (Lipinski definition) is 3. The van der Waals surface area contributed by atoms with Crippen LogP contribution in [-0.4, -0.2) is 54.6 Å². The van der Waals surface area contributed by atoms with E-state index in [2.05, 4.69) is 4.90 Å². The monoisotopic (exact) mass is 342 g/mol. The summed E-state index contributed by atoms with van der Waals surface area (Å²) in [6.07, 6.45) is -2.62. The Bertz CT molecular complexity index is 588. The van der Waals surface area contributed by atoms with Gasteiger partial charge in [0.25, 0.3) is 0 Å². The summed E-state index contributed by atoms with van der Waals surface area (Å²) in [5.41, 5.74) is 0.236. The third-order valence-electron chi connectivity index (χ3n) is 4.90. The molecule has 0 aliphatic carbocycles. The molecule has 1 amide bonds. The molecule has 0 unspecified atom stereocenters. The quantitative estimate of drug-likeness (QED) is 0.828. The van der Waals surface area contributed by atoms with Crippen LogP contribution in [0.5, 0.6) is 0 Å². The standard InChI is InChI=1S/C17H21F3N2O2/c1-21-14-6-8-22(9-7-15(14)24-11-16(21)23)10-12-2-4-13(5-3-12)17(18,19)20/h2-5,14-15H,6-11H2,1H3/t14-,15-/m0/s1. The van der Waals surface area contributed by atoms with E-state index < -0.39 is 11.7 Å². The fourth-order valence-electron chi connectivity index (χ4n) is 3.43. The predicted octanol–water partition coefficient (Wildman–Crippen LogP) is 2.53. The van der Waals surface area contributed by atoms with E-state index in [-0.39, 0.29) is 24.7 Å². The maximum Gasteiger partial charge on any atom is 0.416 e. The number of benzene rings is 1. The maximum atomic E-state index is 12.6. The number of halogens is 3. The Morgan fingerprint density at radius 3 is 2.50 bits per heavy atom. The molecule has 0 saturated carbocycles. The molecule has 2 saturated heterocycles. The predicted molar refractivity (Wildman–Crippen MR) is 82.3 cm³/mol. The molecular formula is C17H21F3N2O2. The van der Waals surface area contributed by atoms with Gasteiger partial charge in [-0.3, -0.25) is 9.69 Å². The number of amides is 1. The van der Waals surface area contributed by atoms with E-state index in [0.717, 1.165) is 43.6 Å². The number of fused-ring (bicyclic) bond motifs is 1. The van der Waals surface area contributed by atoms with Crippen LogP contribution in [0.4, 0.5) is 13.2 Å². The molecule has 24 heavy (non-hydrogen) atoms. The lowest BCUT2D eigenvalue weighted by Crippen LogP contribution is -2.52. The molecule has 0 spiro atoms. The SMILES string of the molecule is CN1C(=O)CO[C@H]2CCN(Cc3ccc(C(F)(F)F)cc3)CC[C@@H]21.